The van der Waals surface area contributed by atoms with Crippen LogP contribution in [0.2, 0.25) is 0 Å². The summed E-state index contributed by atoms with van der Waals surface area (Å²) in [6, 6.07) is 13.4. The van der Waals surface area contributed by atoms with E-state index in [-0.39, 0.29) is 50.4 Å². The maximum absolute atomic E-state index is 13.6. The Hall–Kier alpha value is -3.73. The highest BCUT2D eigenvalue weighted by Gasteiger charge is 2.39. The van der Waals surface area contributed by atoms with E-state index in [1.165, 1.54) is 12.0 Å². The molecule has 1 heterocycles. The molecule has 3 aromatic carbocycles. The molecule has 1 aliphatic heterocycles. The number of para-hydroxylation sites is 1. The van der Waals surface area contributed by atoms with E-state index >= 15 is 0 Å². The molecule has 5 nitrogen and oxygen atoms in total. The summed E-state index contributed by atoms with van der Waals surface area (Å²) in [4.78, 5) is 16.8. The fraction of sp³-hybridized carbons (Fsp3) is 0.355. The molecule has 4 rings (SSSR count). The number of ether oxygens (including phenoxy) is 1. The highest BCUT2D eigenvalue weighted by Crippen LogP contribution is 2.37. The van der Waals surface area contributed by atoms with Gasteiger partial charge in [0.2, 0.25) is 0 Å². The van der Waals surface area contributed by atoms with E-state index in [1.807, 2.05) is 50.2 Å². The molecule has 0 bridgehead atoms. The van der Waals surface area contributed by atoms with Crippen LogP contribution in [0, 0.1) is 19.3 Å². The minimum absolute atomic E-state index is 0. The second kappa shape index (κ2) is 13.3. The topological polar surface area (TPSA) is 56.6 Å². The number of hydrogen-bond donors (Lipinski definition) is 1. The zero-order chi connectivity index (χ0) is 30.8. The Kier molecular flexibility index (Phi) is 10.4. The first kappa shape index (κ1) is 33.8. The van der Waals surface area contributed by atoms with E-state index in [4.69, 9.17) is 10.1 Å². The van der Waals surface area contributed by atoms with Crippen molar-refractivity contribution in [3.63, 3.8) is 0 Å². The highest BCUT2D eigenvalue weighted by atomic mass is 35.5. The van der Waals surface area contributed by atoms with Crippen LogP contribution in [-0.4, -0.2) is 54.3 Å². The molecule has 3 aromatic rings. The third-order valence-corrected chi connectivity index (χ3v) is 7.55. The standard InChI is InChI=1S/C31H31F6N3O2.ClH/c1-19-8-9-21(12-20(19)2)13-26-18-39(28(38)16-22-6-4-5-7-27(22)42-3)10-11-40(26)29(41)23-14-24(30(32,33)34)17-25(15-23)31(35,36)37;/h4-9,12,14-15,17,26,38H,10-11,13,16,18H2,1-3H3;1H/t26-;/m1./s1. The van der Waals surface area contributed by atoms with Gasteiger partial charge in [0.25, 0.3) is 5.91 Å². The van der Waals surface area contributed by atoms with Crippen LogP contribution in [-0.2, 0) is 25.2 Å². The van der Waals surface area contributed by atoms with Gasteiger partial charge in [-0.15, -0.1) is 12.4 Å². The number of carbonyl (C=O) groups is 1. The van der Waals surface area contributed by atoms with Crippen molar-refractivity contribution in [1.82, 2.24) is 9.80 Å². The van der Waals surface area contributed by atoms with E-state index in [1.54, 1.807) is 11.0 Å². The van der Waals surface area contributed by atoms with Crippen LogP contribution in [0.1, 0.15) is 43.7 Å². The van der Waals surface area contributed by atoms with E-state index in [0.29, 0.717) is 24.3 Å². The zero-order valence-corrected chi connectivity index (χ0v) is 24.6. The number of nitrogens with zero attached hydrogens (tertiary/aromatic N) is 2. The molecule has 1 saturated heterocycles. The van der Waals surface area contributed by atoms with E-state index in [9.17, 15) is 31.1 Å². The number of amides is 1. The summed E-state index contributed by atoms with van der Waals surface area (Å²) in [6.45, 7) is 4.26. The monoisotopic (exact) mass is 627 g/mol. The number of aryl methyl sites for hydroxylation is 2. The first-order chi connectivity index (χ1) is 19.7. The molecule has 1 amide bonds. The average molecular weight is 628 g/mol. The van der Waals surface area contributed by atoms with Crippen molar-refractivity contribution in [1.29, 1.82) is 5.41 Å². The number of rotatable bonds is 6. The number of methoxy groups -OCH3 is 1. The Balaban J connectivity index is 0.00000506. The van der Waals surface area contributed by atoms with Gasteiger partial charge in [-0.2, -0.15) is 26.3 Å². The van der Waals surface area contributed by atoms with Gasteiger partial charge in [-0.25, -0.2) is 0 Å². The number of carbonyl (C=O) groups excluding carboxylic acids is 1. The van der Waals surface area contributed by atoms with E-state index in [2.05, 4.69) is 0 Å². The van der Waals surface area contributed by atoms with Crippen molar-refractivity contribution in [2.45, 2.75) is 45.1 Å². The summed E-state index contributed by atoms with van der Waals surface area (Å²) < 4.78 is 86.5. The molecule has 1 aliphatic rings. The van der Waals surface area contributed by atoms with Gasteiger partial charge in [0, 0.05) is 37.2 Å². The van der Waals surface area contributed by atoms with Crippen LogP contribution < -0.4 is 4.74 Å². The lowest BCUT2D eigenvalue weighted by molar-refractivity contribution is -0.143. The van der Waals surface area contributed by atoms with Crippen molar-refractivity contribution in [3.05, 3.63) is 99.6 Å². The molecule has 1 atom stereocenters. The minimum atomic E-state index is -5.07. The van der Waals surface area contributed by atoms with Gasteiger partial charge >= 0.3 is 12.4 Å². The fourth-order valence-corrected chi connectivity index (χ4v) is 5.13. The van der Waals surface area contributed by atoms with Gasteiger partial charge in [-0.1, -0.05) is 36.4 Å². The molecule has 1 fully saturated rings. The van der Waals surface area contributed by atoms with Crippen molar-refractivity contribution < 1.29 is 35.9 Å². The third-order valence-electron chi connectivity index (χ3n) is 7.55. The third kappa shape index (κ3) is 8.01. The Morgan fingerprint density at radius 1 is 0.907 bits per heavy atom. The van der Waals surface area contributed by atoms with Crippen LogP contribution in [0.5, 0.6) is 5.75 Å². The summed E-state index contributed by atoms with van der Waals surface area (Å²) in [5.74, 6) is -0.0424. The molecule has 43 heavy (non-hydrogen) atoms. The summed E-state index contributed by atoms with van der Waals surface area (Å²) in [6.07, 6.45) is -9.59. The lowest BCUT2D eigenvalue weighted by Gasteiger charge is -2.43. The Morgan fingerprint density at radius 2 is 1.53 bits per heavy atom. The smallest absolute Gasteiger partial charge is 0.416 e. The van der Waals surface area contributed by atoms with Crippen LogP contribution in [0.25, 0.3) is 0 Å². The Morgan fingerprint density at radius 3 is 2.12 bits per heavy atom. The molecule has 0 aromatic heterocycles. The van der Waals surface area contributed by atoms with Crippen molar-refractivity contribution in [2.24, 2.45) is 0 Å². The van der Waals surface area contributed by atoms with Gasteiger partial charge in [-0.3, -0.25) is 10.2 Å². The molecule has 0 aliphatic carbocycles. The lowest BCUT2D eigenvalue weighted by atomic mass is 9.96. The molecule has 0 saturated carbocycles. The first-order valence-electron chi connectivity index (χ1n) is 13.3. The SMILES string of the molecule is COc1ccccc1CC(=N)N1CCN(C(=O)c2cc(C(F)(F)F)cc(C(F)(F)F)c2)[C@H](Cc2ccc(C)c(C)c2)C1.Cl. The molecule has 0 unspecified atom stereocenters. The quantitative estimate of drug-likeness (QED) is 0.177. The number of nitrogens with one attached hydrogen (secondary N) is 1. The second-order valence-electron chi connectivity index (χ2n) is 10.5. The maximum atomic E-state index is 13.6. The first-order valence-corrected chi connectivity index (χ1v) is 13.3. The number of alkyl halides is 6. The zero-order valence-electron chi connectivity index (χ0n) is 23.8. The van der Waals surface area contributed by atoms with Gasteiger partial charge < -0.3 is 14.5 Å². The molecule has 12 heteroatoms. The van der Waals surface area contributed by atoms with Gasteiger partial charge in [0.1, 0.15) is 11.6 Å². The fourth-order valence-electron chi connectivity index (χ4n) is 5.13. The predicted octanol–water partition coefficient (Wildman–Crippen LogP) is 7.36. The number of halogens is 7. The largest absolute Gasteiger partial charge is 0.496 e. The summed E-state index contributed by atoms with van der Waals surface area (Å²) in [5.41, 5.74) is -0.0438. The molecular formula is C31H32ClF6N3O2. The molecule has 0 spiro atoms. The van der Waals surface area contributed by atoms with Crippen LogP contribution >= 0.6 is 12.4 Å². The summed E-state index contributed by atoms with van der Waals surface area (Å²) in [5, 5.41) is 8.77. The van der Waals surface area contributed by atoms with Crippen LogP contribution in [0.3, 0.4) is 0 Å². The number of amidine groups is 1. The summed E-state index contributed by atoms with van der Waals surface area (Å²) in [7, 11) is 1.53. The summed E-state index contributed by atoms with van der Waals surface area (Å²) >= 11 is 0. The number of piperazine rings is 1. The van der Waals surface area contributed by atoms with Gasteiger partial charge in [0.05, 0.1) is 24.3 Å². The Bertz CT molecular complexity index is 1440. The van der Waals surface area contributed by atoms with Crippen LogP contribution in [0.4, 0.5) is 26.3 Å². The lowest BCUT2D eigenvalue weighted by Crippen LogP contribution is -2.57. The molecule has 1 N–H and O–H groups in total. The highest BCUT2D eigenvalue weighted by molar-refractivity contribution is 5.95. The molecule has 0 radical (unpaired) electrons. The van der Waals surface area contributed by atoms with Crippen LogP contribution in [0.15, 0.2) is 60.7 Å². The predicted molar refractivity (Wildman–Crippen MR) is 154 cm³/mol. The number of hydrogen-bond acceptors (Lipinski definition) is 3. The van der Waals surface area contributed by atoms with Gasteiger partial charge in [-0.05, 0) is 61.2 Å². The molecule has 232 valence electrons. The normalized spacial score (nSPS) is 15.6. The maximum Gasteiger partial charge on any atom is 0.416 e. The van der Waals surface area contributed by atoms with Crippen molar-refractivity contribution in [2.75, 3.05) is 26.7 Å². The van der Waals surface area contributed by atoms with E-state index < -0.39 is 41.0 Å². The van der Waals surface area contributed by atoms with Crippen molar-refractivity contribution >= 4 is 24.1 Å². The average Bonchev–Trinajstić information content (AvgIpc) is 2.93. The van der Waals surface area contributed by atoms with Gasteiger partial charge in [0.15, 0.2) is 0 Å². The van der Waals surface area contributed by atoms with Crippen molar-refractivity contribution in [3.8, 4) is 5.75 Å². The molecular weight excluding hydrogens is 596 g/mol. The number of benzene rings is 3. The van der Waals surface area contributed by atoms with E-state index in [0.717, 1.165) is 22.3 Å². The minimum Gasteiger partial charge on any atom is -0.496 e. The second-order valence-corrected chi connectivity index (χ2v) is 10.5. The Labute approximate surface area is 252 Å².